The highest BCUT2D eigenvalue weighted by Crippen LogP contribution is 2.24. The maximum absolute atomic E-state index is 12.0. The first-order valence-corrected chi connectivity index (χ1v) is 7.09. The highest BCUT2D eigenvalue weighted by molar-refractivity contribution is 7.87. The number of hydrogen-bond acceptors (Lipinski definition) is 4. The van der Waals surface area contributed by atoms with Gasteiger partial charge in [0.2, 0.25) is 0 Å². The highest BCUT2D eigenvalue weighted by Gasteiger charge is 2.16. The zero-order valence-electron chi connectivity index (χ0n) is 10.6. The van der Waals surface area contributed by atoms with E-state index in [4.69, 9.17) is 4.18 Å². The highest BCUT2D eigenvalue weighted by atomic mass is 32.2. The van der Waals surface area contributed by atoms with Gasteiger partial charge in [-0.25, -0.2) is 0 Å². The normalized spacial score (nSPS) is 11.3. The molecule has 0 saturated carbocycles. The minimum Gasteiger partial charge on any atom is -0.508 e. The molecule has 0 atom stereocenters. The second kappa shape index (κ2) is 4.93. The van der Waals surface area contributed by atoms with Crippen LogP contribution < -0.4 is 4.18 Å². The molecule has 1 N–H and O–H groups in total. The summed E-state index contributed by atoms with van der Waals surface area (Å²) in [5.41, 5.74) is 1.68. The van der Waals surface area contributed by atoms with Crippen molar-refractivity contribution in [1.82, 2.24) is 0 Å². The van der Waals surface area contributed by atoms with Gasteiger partial charge in [0.05, 0.1) is 0 Å². The van der Waals surface area contributed by atoms with Crippen LogP contribution in [0.5, 0.6) is 11.5 Å². The van der Waals surface area contributed by atoms with E-state index in [9.17, 15) is 13.5 Å². The van der Waals surface area contributed by atoms with Crippen molar-refractivity contribution in [3.63, 3.8) is 0 Å². The summed E-state index contributed by atoms with van der Waals surface area (Å²) in [6, 6.07) is 10.7. The van der Waals surface area contributed by atoms with E-state index < -0.39 is 10.1 Å². The lowest BCUT2D eigenvalue weighted by molar-refractivity contribution is 0.463. The molecule has 2 aromatic rings. The lowest BCUT2D eigenvalue weighted by Gasteiger charge is -2.08. The summed E-state index contributed by atoms with van der Waals surface area (Å²) in [5.74, 6) is 0.0622. The van der Waals surface area contributed by atoms with Gasteiger partial charge in [-0.05, 0) is 43.7 Å². The number of aromatic hydroxyl groups is 1. The maximum atomic E-state index is 12.0. The van der Waals surface area contributed by atoms with Crippen LogP contribution in [0.1, 0.15) is 11.1 Å². The molecule has 0 heterocycles. The minimum absolute atomic E-state index is 0.0332. The molecule has 0 aliphatic heterocycles. The van der Waals surface area contributed by atoms with Crippen LogP contribution in [0.3, 0.4) is 0 Å². The van der Waals surface area contributed by atoms with Gasteiger partial charge < -0.3 is 9.29 Å². The van der Waals surface area contributed by atoms with Crippen LogP contribution >= 0.6 is 0 Å². The number of benzene rings is 2. The van der Waals surface area contributed by atoms with Crippen molar-refractivity contribution in [3.05, 3.63) is 53.6 Å². The van der Waals surface area contributed by atoms with Crippen molar-refractivity contribution >= 4 is 10.1 Å². The molecule has 0 unspecified atom stereocenters. The summed E-state index contributed by atoms with van der Waals surface area (Å²) >= 11 is 0. The van der Waals surface area contributed by atoms with Crippen LogP contribution in [0.4, 0.5) is 0 Å². The topological polar surface area (TPSA) is 63.6 Å². The third-order valence-corrected chi connectivity index (χ3v) is 3.81. The molecular weight excluding hydrogens is 264 g/mol. The van der Waals surface area contributed by atoms with Gasteiger partial charge in [-0.1, -0.05) is 17.7 Å². The number of phenolic OH excluding ortho intramolecular Hbond substituents is 1. The van der Waals surface area contributed by atoms with Crippen LogP contribution in [0.2, 0.25) is 0 Å². The largest absolute Gasteiger partial charge is 0.508 e. The van der Waals surface area contributed by atoms with E-state index in [2.05, 4.69) is 0 Å². The average molecular weight is 278 g/mol. The quantitative estimate of drug-likeness (QED) is 0.877. The Morgan fingerprint density at radius 2 is 1.58 bits per heavy atom. The van der Waals surface area contributed by atoms with Gasteiger partial charge in [-0.3, -0.25) is 0 Å². The Bertz CT molecular complexity index is 668. The van der Waals surface area contributed by atoms with E-state index in [1.54, 1.807) is 25.1 Å². The Hall–Kier alpha value is -2.01. The summed E-state index contributed by atoms with van der Waals surface area (Å²) in [5, 5.41) is 9.42. The second-order valence-corrected chi connectivity index (χ2v) is 5.90. The van der Waals surface area contributed by atoms with E-state index in [1.807, 2.05) is 6.92 Å². The van der Waals surface area contributed by atoms with Gasteiger partial charge in [0, 0.05) is 6.07 Å². The van der Waals surface area contributed by atoms with Crippen LogP contribution in [-0.2, 0) is 10.1 Å². The molecule has 4 nitrogen and oxygen atoms in total. The molecule has 0 spiro atoms. The molecular formula is C14H14O4S. The molecule has 2 rings (SSSR count). The van der Waals surface area contributed by atoms with Gasteiger partial charge in [0.1, 0.15) is 16.4 Å². The maximum Gasteiger partial charge on any atom is 0.339 e. The monoisotopic (exact) mass is 278 g/mol. The first kappa shape index (κ1) is 13.4. The van der Waals surface area contributed by atoms with E-state index in [0.29, 0.717) is 5.56 Å². The standard InChI is InChI=1S/C14H14O4S/c1-10-3-5-14(6-4-10)19(16,17)18-13-8-11(2)7-12(15)9-13/h3-9,15H,1-2H3. The van der Waals surface area contributed by atoms with Gasteiger partial charge in [0.25, 0.3) is 0 Å². The molecule has 0 bridgehead atoms. The molecule has 0 aromatic heterocycles. The molecule has 2 aromatic carbocycles. The number of phenols is 1. The van der Waals surface area contributed by atoms with Crippen LogP contribution in [0, 0.1) is 13.8 Å². The first-order valence-electron chi connectivity index (χ1n) is 5.69. The van der Waals surface area contributed by atoms with Crippen molar-refractivity contribution in [1.29, 1.82) is 0 Å². The van der Waals surface area contributed by atoms with E-state index in [0.717, 1.165) is 5.56 Å². The summed E-state index contributed by atoms with van der Waals surface area (Å²) in [7, 11) is -3.87. The van der Waals surface area contributed by atoms with Crippen molar-refractivity contribution in [2.24, 2.45) is 0 Å². The Morgan fingerprint density at radius 3 is 2.16 bits per heavy atom. The van der Waals surface area contributed by atoms with Crippen molar-refractivity contribution in [2.75, 3.05) is 0 Å². The Labute approximate surface area is 112 Å². The van der Waals surface area contributed by atoms with Gasteiger partial charge in [0.15, 0.2) is 0 Å². The van der Waals surface area contributed by atoms with E-state index in [-0.39, 0.29) is 16.4 Å². The molecule has 0 aliphatic carbocycles. The second-order valence-electron chi connectivity index (χ2n) is 4.35. The van der Waals surface area contributed by atoms with E-state index in [1.165, 1.54) is 24.3 Å². The smallest absolute Gasteiger partial charge is 0.339 e. The number of aryl methyl sites for hydroxylation is 2. The van der Waals surface area contributed by atoms with Crippen LogP contribution in [-0.4, -0.2) is 13.5 Å². The third-order valence-electron chi connectivity index (χ3n) is 2.55. The molecule has 0 fully saturated rings. The molecule has 19 heavy (non-hydrogen) atoms. The van der Waals surface area contributed by atoms with Crippen molar-refractivity contribution in [3.8, 4) is 11.5 Å². The fourth-order valence-corrected chi connectivity index (χ4v) is 2.57. The average Bonchev–Trinajstić information content (AvgIpc) is 2.27. The van der Waals surface area contributed by atoms with Gasteiger partial charge >= 0.3 is 10.1 Å². The SMILES string of the molecule is Cc1ccc(S(=O)(=O)Oc2cc(C)cc(O)c2)cc1. The molecule has 5 heteroatoms. The fraction of sp³-hybridized carbons (Fsp3) is 0.143. The van der Waals surface area contributed by atoms with Crippen molar-refractivity contribution in [2.45, 2.75) is 18.7 Å². The minimum atomic E-state index is -3.87. The lowest BCUT2D eigenvalue weighted by Crippen LogP contribution is -2.09. The molecule has 0 saturated heterocycles. The van der Waals surface area contributed by atoms with Gasteiger partial charge in [-0.2, -0.15) is 8.42 Å². The zero-order valence-corrected chi connectivity index (χ0v) is 11.4. The predicted octanol–water partition coefficient (Wildman–Crippen LogP) is 2.78. The Balaban J connectivity index is 2.33. The number of rotatable bonds is 3. The first-order chi connectivity index (χ1) is 8.87. The summed E-state index contributed by atoms with van der Waals surface area (Å²) in [4.78, 5) is 0.0825. The molecule has 0 aliphatic rings. The number of hydrogen-bond donors (Lipinski definition) is 1. The molecule has 0 amide bonds. The molecule has 100 valence electrons. The Morgan fingerprint density at radius 1 is 0.947 bits per heavy atom. The summed E-state index contributed by atoms with van der Waals surface area (Å²) < 4.78 is 29.1. The van der Waals surface area contributed by atoms with Crippen LogP contribution in [0.15, 0.2) is 47.4 Å². The van der Waals surface area contributed by atoms with E-state index >= 15 is 0 Å². The molecule has 0 radical (unpaired) electrons. The Kier molecular flexibility index (Phi) is 3.48. The summed E-state index contributed by atoms with van der Waals surface area (Å²) in [6.07, 6.45) is 0. The fourth-order valence-electron chi connectivity index (χ4n) is 1.66. The third kappa shape index (κ3) is 3.26. The lowest BCUT2D eigenvalue weighted by atomic mass is 10.2. The van der Waals surface area contributed by atoms with Gasteiger partial charge in [-0.15, -0.1) is 0 Å². The summed E-state index contributed by atoms with van der Waals surface area (Å²) in [6.45, 7) is 3.61. The predicted molar refractivity (Wildman–Crippen MR) is 71.8 cm³/mol. The van der Waals surface area contributed by atoms with Crippen molar-refractivity contribution < 1.29 is 17.7 Å². The van der Waals surface area contributed by atoms with Crippen LogP contribution in [0.25, 0.3) is 0 Å². The zero-order chi connectivity index (χ0) is 14.0.